The summed E-state index contributed by atoms with van der Waals surface area (Å²) in [6.45, 7) is 8.88. The van der Waals surface area contributed by atoms with Crippen LogP contribution in [0.4, 0.5) is 0 Å². The molecular weight excluding hydrogens is 298 g/mol. The molecule has 0 aliphatic rings. The fourth-order valence-electron chi connectivity index (χ4n) is 2.15. The van der Waals surface area contributed by atoms with Crippen LogP contribution in [-0.2, 0) is 9.53 Å². The first-order valence-corrected chi connectivity index (χ1v) is 7.67. The monoisotopic (exact) mass is 323 g/mol. The van der Waals surface area contributed by atoms with Crippen molar-refractivity contribution < 1.29 is 24.5 Å². The average Bonchev–Trinajstić information content (AvgIpc) is 2.42. The average molecular weight is 323 g/mol. The van der Waals surface area contributed by atoms with Crippen molar-refractivity contribution in [2.45, 2.75) is 27.7 Å². The van der Waals surface area contributed by atoms with Crippen LogP contribution in [0.25, 0.3) is 0 Å². The van der Waals surface area contributed by atoms with Crippen LogP contribution < -0.4 is 0 Å². The van der Waals surface area contributed by atoms with Crippen LogP contribution in [-0.4, -0.2) is 46.7 Å². The summed E-state index contributed by atoms with van der Waals surface area (Å²) in [4.78, 5) is 25.8. The minimum Gasteiger partial charge on any atom is -0.508 e. The number of benzene rings is 1. The molecule has 6 nitrogen and oxygen atoms in total. The van der Waals surface area contributed by atoms with Crippen LogP contribution in [0.15, 0.2) is 18.2 Å². The molecule has 0 atom stereocenters. The Hall–Kier alpha value is -2.24. The van der Waals surface area contributed by atoms with Crippen molar-refractivity contribution in [3.05, 3.63) is 23.8 Å². The van der Waals surface area contributed by atoms with Gasteiger partial charge in [-0.15, -0.1) is 0 Å². The van der Waals surface area contributed by atoms with E-state index in [1.165, 1.54) is 12.1 Å². The predicted octanol–water partition coefficient (Wildman–Crippen LogP) is 2.40. The smallest absolute Gasteiger partial charge is 0.342 e. The van der Waals surface area contributed by atoms with Gasteiger partial charge in [0.05, 0.1) is 0 Å². The third kappa shape index (κ3) is 6.18. The van der Waals surface area contributed by atoms with Gasteiger partial charge >= 0.3 is 5.97 Å². The van der Waals surface area contributed by atoms with E-state index in [4.69, 9.17) is 4.74 Å². The number of phenolic OH excluding ortho intramolecular Hbond substituents is 2. The number of amides is 1. The minimum absolute atomic E-state index is 0.0881. The number of hydrogen-bond acceptors (Lipinski definition) is 5. The van der Waals surface area contributed by atoms with Crippen LogP contribution in [0.1, 0.15) is 38.1 Å². The Bertz CT molecular complexity index is 544. The summed E-state index contributed by atoms with van der Waals surface area (Å²) < 4.78 is 4.98. The molecule has 0 saturated heterocycles. The van der Waals surface area contributed by atoms with Gasteiger partial charge in [0, 0.05) is 19.2 Å². The highest BCUT2D eigenvalue weighted by molar-refractivity contribution is 5.94. The maximum atomic E-state index is 12.2. The summed E-state index contributed by atoms with van der Waals surface area (Å²) in [7, 11) is 0. The predicted molar refractivity (Wildman–Crippen MR) is 86.3 cm³/mol. The Morgan fingerprint density at radius 2 is 1.65 bits per heavy atom. The van der Waals surface area contributed by atoms with Gasteiger partial charge in [-0.3, -0.25) is 4.79 Å². The number of hydrogen-bond donors (Lipinski definition) is 2. The van der Waals surface area contributed by atoms with Crippen LogP contribution in [0.5, 0.6) is 11.5 Å². The Morgan fingerprint density at radius 1 is 1.09 bits per heavy atom. The van der Waals surface area contributed by atoms with Gasteiger partial charge in [0.1, 0.15) is 17.1 Å². The summed E-state index contributed by atoms with van der Waals surface area (Å²) in [6.07, 6.45) is 0. The first-order chi connectivity index (χ1) is 10.7. The molecule has 0 fully saturated rings. The van der Waals surface area contributed by atoms with Gasteiger partial charge in [-0.1, -0.05) is 27.7 Å². The summed E-state index contributed by atoms with van der Waals surface area (Å²) >= 11 is 0. The number of aromatic hydroxyl groups is 2. The Labute approximate surface area is 136 Å². The van der Waals surface area contributed by atoms with Gasteiger partial charge < -0.3 is 19.8 Å². The third-order valence-corrected chi connectivity index (χ3v) is 3.05. The largest absolute Gasteiger partial charge is 0.508 e. The van der Waals surface area contributed by atoms with E-state index in [9.17, 15) is 19.8 Å². The van der Waals surface area contributed by atoms with Crippen LogP contribution in [0.2, 0.25) is 0 Å². The zero-order chi connectivity index (χ0) is 17.6. The van der Waals surface area contributed by atoms with Crippen molar-refractivity contribution in [3.63, 3.8) is 0 Å². The highest BCUT2D eigenvalue weighted by Gasteiger charge is 2.20. The van der Waals surface area contributed by atoms with Gasteiger partial charge in [0.25, 0.3) is 5.91 Å². The summed E-state index contributed by atoms with van der Waals surface area (Å²) in [5, 5.41) is 18.8. The highest BCUT2D eigenvalue weighted by atomic mass is 16.5. The minimum atomic E-state index is -0.801. The molecule has 0 aromatic heterocycles. The lowest BCUT2D eigenvalue weighted by Gasteiger charge is -2.26. The molecule has 0 bridgehead atoms. The number of carbonyl (C=O) groups excluding carboxylic acids is 2. The first-order valence-electron chi connectivity index (χ1n) is 7.67. The van der Waals surface area contributed by atoms with Crippen LogP contribution in [0, 0.1) is 11.8 Å². The normalized spacial score (nSPS) is 10.9. The molecule has 1 aromatic carbocycles. The molecule has 1 rings (SSSR count). The zero-order valence-electron chi connectivity index (χ0n) is 14.1. The lowest BCUT2D eigenvalue weighted by Crippen LogP contribution is -2.39. The first kappa shape index (κ1) is 18.8. The molecule has 0 unspecified atom stereocenters. The Balaban J connectivity index is 2.66. The van der Waals surface area contributed by atoms with E-state index >= 15 is 0 Å². The zero-order valence-corrected chi connectivity index (χ0v) is 14.1. The molecule has 2 N–H and O–H groups in total. The molecule has 0 spiro atoms. The lowest BCUT2D eigenvalue weighted by molar-refractivity contribution is -0.135. The van der Waals surface area contributed by atoms with Gasteiger partial charge in [0.15, 0.2) is 6.61 Å². The molecule has 0 aliphatic heterocycles. The fourth-order valence-corrected chi connectivity index (χ4v) is 2.15. The van der Waals surface area contributed by atoms with E-state index in [0.717, 1.165) is 6.07 Å². The summed E-state index contributed by atoms with van der Waals surface area (Å²) in [6, 6.07) is 3.56. The van der Waals surface area contributed by atoms with Crippen molar-refractivity contribution >= 4 is 11.9 Å². The molecule has 1 aromatic rings. The number of rotatable bonds is 7. The second-order valence-corrected chi connectivity index (χ2v) is 6.36. The number of esters is 1. The van der Waals surface area contributed by atoms with Crippen molar-refractivity contribution in [2.24, 2.45) is 11.8 Å². The molecule has 0 heterocycles. The number of phenols is 2. The Morgan fingerprint density at radius 3 is 2.13 bits per heavy atom. The van der Waals surface area contributed by atoms with E-state index in [1.807, 2.05) is 27.7 Å². The molecule has 0 saturated carbocycles. The van der Waals surface area contributed by atoms with Gasteiger partial charge in [-0.05, 0) is 24.0 Å². The number of nitrogens with zero attached hydrogens (tertiary/aromatic N) is 1. The van der Waals surface area contributed by atoms with Crippen molar-refractivity contribution in [1.82, 2.24) is 4.90 Å². The van der Waals surface area contributed by atoms with E-state index in [2.05, 4.69) is 0 Å². The third-order valence-electron chi connectivity index (χ3n) is 3.05. The van der Waals surface area contributed by atoms with Gasteiger partial charge in [-0.25, -0.2) is 4.79 Å². The van der Waals surface area contributed by atoms with E-state index in [1.54, 1.807) is 4.90 Å². The molecular formula is C17H25NO5. The van der Waals surface area contributed by atoms with Crippen molar-refractivity contribution in [2.75, 3.05) is 19.7 Å². The van der Waals surface area contributed by atoms with E-state index < -0.39 is 5.97 Å². The van der Waals surface area contributed by atoms with Crippen LogP contribution in [0.3, 0.4) is 0 Å². The molecule has 0 radical (unpaired) electrons. The number of ether oxygens (including phenoxy) is 1. The molecule has 1 amide bonds. The summed E-state index contributed by atoms with van der Waals surface area (Å²) in [5.41, 5.74) is -0.0881. The molecule has 128 valence electrons. The summed E-state index contributed by atoms with van der Waals surface area (Å²) in [5.74, 6) is -0.980. The van der Waals surface area contributed by atoms with Gasteiger partial charge in [-0.2, -0.15) is 0 Å². The van der Waals surface area contributed by atoms with E-state index in [0.29, 0.717) is 24.9 Å². The standard InChI is InChI=1S/C17H25NO5/c1-11(2)8-18(9-12(3)4)16(21)10-23-17(22)14-6-5-13(19)7-15(14)20/h5-7,11-12,19-20H,8-10H2,1-4H3. The topological polar surface area (TPSA) is 87.1 Å². The lowest BCUT2D eigenvalue weighted by atomic mass is 10.1. The second-order valence-electron chi connectivity index (χ2n) is 6.36. The molecule has 0 aliphatic carbocycles. The Kier molecular flexibility index (Phi) is 6.88. The fraction of sp³-hybridized carbons (Fsp3) is 0.529. The molecule has 23 heavy (non-hydrogen) atoms. The van der Waals surface area contributed by atoms with Crippen LogP contribution >= 0.6 is 0 Å². The number of carbonyl (C=O) groups is 2. The SMILES string of the molecule is CC(C)CN(CC(C)C)C(=O)COC(=O)c1ccc(O)cc1O. The van der Waals surface area contributed by atoms with E-state index in [-0.39, 0.29) is 29.6 Å². The van der Waals surface area contributed by atoms with Crippen molar-refractivity contribution in [3.8, 4) is 11.5 Å². The highest BCUT2D eigenvalue weighted by Crippen LogP contribution is 2.23. The van der Waals surface area contributed by atoms with Crippen molar-refractivity contribution in [1.29, 1.82) is 0 Å². The second kappa shape index (κ2) is 8.41. The van der Waals surface area contributed by atoms with Gasteiger partial charge in [0.2, 0.25) is 0 Å². The maximum absolute atomic E-state index is 12.2. The molecule has 6 heteroatoms. The quantitative estimate of drug-likeness (QED) is 0.752. The maximum Gasteiger partial charge on any atom is 0.342 e.